The van der Waals surface area contributed by atoms with E-state index < -0.39 is 12.0 Å². The predicted octanol–water partition coefficient (Wildman–Crippen LogP) is 1.25. The SMILES string of the molecule is CCCC(NC(=O)C1CCCS1)C(=O)O. The molecule has 1 aliphatic rings. The maximum absolute atomic E-state index is 11.6. The number of nitrogens with one attached hydrogen (secondary N) is 1. The fraction of sp³-hybridized carbons (Fsp3) is 0.800. The minimum atomic E-state index is -0.937. The van der Waals surface area contributed by atoms with Crippen molar-refractivity contribution in [3.05, 3.63) is 0 Å². The zero-order valence-electron chi connectivity index (χ0n) is 8.86. The molecule has 0 aromatic heterocycles. The maximum atomic E-state index is 11.6. The van der Waals surface area contributed by atoms with Crippen molar-refractivity contribution in [3.63, 3.8) is 0 Å². The number of hydrogen-bond acceptors (Lipinski definition) is 3. The van der Waals surface area contributed by atoms with Crippen molar-refractivity contribution < 1.29 is 14.7 Å². The van der Waals surface area contributed by atoms with E-state index in [-0.39, 0.29) is 11.2 Å². The molecule has 1 amide bonds. The number of carboxylic acids is 1. The molecule has 2 atom stereocenters. The van der Waals surface area contributed by atoms with Crippen LogP contribution in [0.4, 0.5) is 0 Å². The fourth-order valence-corrected chi connectivity index (χ4v) is 2.77. The third-order valence-electron chi connectivity index (χ3n) is 2.41. The first-order valence-corrected chi connectivity index (χ1v) is 6.34. The fourth-order valence-electron chi connectivity index (χ4n) is 1.60. The van der Waals surface area contributed by atoms with Gasteiger partial charge in [0.05, 0.1) is 5.25 Å². The van der Waals surface area contributed by atoms with Crippen LogP contribution in [0.1, 0.15) is 32.6 Å². The minimum Gasteiger partial charge on any atom is -0.480 e. The van der Waals surface area contributed by atoms with Gasteiger partial charge in [-0.15, -0.1) is 11.8 Å². The van der Waals surface area contributed by atoms with Crippen LogP contribution in [-0.2, 0) is 9.59 Å². The second kappa shape index (κ2) is 6.00. The van der Waals surface area contributed by atoms with Crippen LogP contribution in [0.3, 0.4) is 0 Å². The molecule has 1 rings (SSSR count). The van der Waals surface area contributed by atoms with E-state index in [2.05, 4.69) is 5.32 Å². The Bertz CT molecular complexity index is 239. The summed E-state index contributed by atoms with van der Waals surface area (Å²) in [5, 5.41) is 11.4. The molecular formula is C10H17NO3S. The molecule has 86 valence electrons. The van der Waals surface area contributed by atoms with Crippen molar-refractivity contribution in [1.29, 1.82) is 0 Å². The number of carboxylic acid groups (broad SMARTS) is 1. The number of carbonyl (C=O) groups excluding carboxylic acids is 1. The number of carbonyl (C=O) groups is 2. The highest BCUT2D eigenvalue weighted by atomic mass is 32.2. The molecule has 2 N–H and O–H groups in total. The molecule has 0 saturated carbocycles. The van der Waals surface area contributed by atoms with Gasteiger partial charge in [0.15, 0.2) is 0 Å². The Morgan fingerprint density at radius 3 is 2.80 bits per heavy atom. The third kappa shape index (κ3) is 3.74. The Kier molecular flexibility index (Phi) is 4.94. The summed E-state index contributed by atoms with van der Waals surface area (Å²) in [6, 6.07) is -0.719. The van der Waals surface area contributed by atoms with E-state index in [1.54, 1.807) is 11.8 Å². The number of amides is 1. The number of hydrogen-bond donors (Lipinski definition) is 2. The zero-order valence-corrected chi connectivity index (χ0v) is 9.68. The highest BCUT2D eigenvalue weighted by molar-refractivity contribution is 8.00. The zero-order chi connectivity index (χ0) is 11.3. The van der Waals surface area contributed by atoms with Crippen molar-refractivity contribution in [1.82, 2.24) is 5.32 Å². The van der Waals surface area contributed by atoms with Gasteiger partial charge in [-0.05, 0) is 25.0 Å². The second-order valence-corrected chi connectivity index (χ2v) is 5.00. The molecule has 1 fully saturated rings. The van der Waals surface area contributed by atoms with Crippen LogP contribution in [0, 0.1) is 0 Å². The summed E-state index contributed by atoms with van der Waals surface area (Å²) in [5.74, 6) is -0.0459. The number of aliphatic carboxylic acids is 1. The Hall–Kier alpha value is -0.710. The molecular weight excluding hydrogens is 214 g/mol. The first kappa shape index (κ1) is 12.4. The van der Waals surface area contributed by atoms with E-state index in [0.29, 0.717) is 6.42 Å². The lowest BCUT2D eigenvalue weighted by atomic mass is 10.1. The Balaban J connectivity index is 2.42. The Labute approximate surface area is 93.8 Å². The average molecular weight is 231 g/mol. The van der Waals surface area contributed by atoms with Crippen LogP contribution in [0.5, 0.6) is 0 Å². The number of rotatable bonds is 5. The minimum absolute atomic E-state index is 0.0382. The van der Waals surface area contributed by atoms with Gasteiger partial charge in [0.25, 0.3) is 0 Å². The summed E-state index contributed by atoms with van der Waals surface area (Å²) in [6.07, 6.45) is 3.18. The first-order valence-electron chi connectivity index (χ1n) is 5.30. The summed E-state index contributed by atoms with van der Waals surface area (Å²) in [7, 11) is 0. The van der Waals surface area contributed by atoms with Crippen molar-refractivity contribution in [2.45, 2.75) is 43.9 Å². The summed E-state index contributed by atoms with van der Waals surface area (Å²) >= 11 is 1.62. The van der Waals surface area contributed by atoms with Gasteiger partial charge >= 0.3 is 5.97 Å². The lowest BCUT2D eigenvalue weighted by molar-refractivity contribution is -0.141. The quantitative estimate of drug-likeness (QED) is 0.747. The van der Waals surface area contributed by atoms with Gasteiger partial charge < -0.3 is 10.4 Å². The average Bonchev–Trinajstić information content (AvgIpc) is 2.69. The van der Waals surface area contributed by atoms with Crippen LogP contribution >= 0.6 is 11.8 Å². The molecule has 15 heavy (non-hydrogen) atoms. The normalized spacial score (nSPS) is 22.3. The van der Waals surface area contributed by atoms with Crippen LogP contribution in [0.25, 0.3) is 0 Å². The molecule has 4 nitrogen and oxygen atoms in total. The molecule has 0 spiro atoms. The van der Waals surface area contributed by atoms with E-state index >= 15 is 0 Å². The summed E-state index contributed by atoms with van der Waals surface area (Å²) in [4.78, 5) is 22.5. The Morgan fingerprint density at radius 1 is 1.60 bits per heavy atom. The van der Waals surface area contributed by atoms with Crippen LogP contribution in [0.2, 0.25) is 0 Å². The molecule has 2 unspecified atom stereocenters. The first-order chi connectivity index (χ1) is 7.15. The van der Waals surface area contributed by atoms with Gasteiger partial charge in [-0.2, -0.15) is 0 Å². The van der Waals surface area contributed by atoms with E-state index in [1.165, 1.54) is 0 Å². The van der Waals surface area contributed by atoms with Crippen LogP contribution in [-0.4, -0.2) is 34.0 Å². The molecule has 1 aliphatic heterocycles. The largest absolute Gasteiger partial charge is 0.480 e. The van der Waals surface area contributed by atoms with Gasteiger partial charge in [-0.3, -0.25) is 4.79 Å². The summed E-state index contributed by atoms with van der Waals surface area (Å²) in [5.41, 5.74) is 0. The van der Waals surface area contributed by atoms with E-state index in [4.69, 9.17) is 5.11 Å². The predicted molar refractivity (Wildman–Crippen MR) is 60.0 cm³/mol. The maximum Gasteiger partial charge on any atom is 0.326 e. The molecule has 0 aliphatic carbocycles. The molecule has 1 heterocycles. The van der Waals surface area contributed by atoms with Gasteiger partial charge in [-0.1, -0.05) is 13.3 Å². The van der Waals surface area contributed by atoms with Crippen molar-refractivity contribution in [2.24, 2.45) is 0 Å². The lowest BCUT2D eigenvalue weighted by Gasteiger charge is -2.16. The molecule has 0 aromatic rings. The number of thioether (sulfide) groups is 1. The van der Waals surface area contributed by atoms with Gasteiger partial charge in [0.1, 0.15) is 6.04 Å². The van der Waals surface area contributed by atoms with Crippen molar-refractivity contribution in [2.75, 3.05) is 5.75 Å². The van der Waals surface area contributed by atoms with Crippen molar-refractivity contribution in [3.8, 4) is 0 Å². The molecule has 0 bridgehead atoms. The molecule has 0 radical (unpaired) electrons. The van der Waals surface area contributed by atoms with E-state index in [1.807, 2.05) is 6.92 Å². The monoisotopic (exact) mass is 231 g/mol. The topological polar surface area (TPSA) is 66.4 Å². The van der Waals surface area contributed by atoms with Crippen LogP contribution in [0.15, 0.2) is 0 Å². The molecule has 5 heteroatoms. The highest BCUT2D eigenvalue weighted by Gasteiger charge is 2.27. The Morgan fingerprint density at radius 2 is 2.33 bits per heavy atom. The van der Waals surface area contributed by atoms with Gasteiger partial charge in [0.2, 0.25) is 5.91 Å². The van der Waals surface area contributed by atoms with E-state index in [9.17, 15) is 9.59 Å². The molecule has 1 saturated heterocycles. The highest BCUT2D eigenvalue weighted by Crippen LogP contribution is 2.26. The standard InChI is InChI=1S/C10H17NO3S/c1-2-4-7(10(13)14)11-9(12)8-5-3-6-15-8/h7-8H,2-6H2,1H3,(H,11,12)(H,13,14). The van der Waals surface area contributed by atoms with E-state index in [0.717, 1.165) is 25.0 Å². The van der Waals surface area contributed by atoms with Gasteiger partial charge in [0, 0.05) is 0 Å². The summed E-state index contributed by atoms with van der Waals surface area (Å²) in [6.45, 7) is 1.91. The van der Waals surface area contributed by atoms with Crippen LogP contribution < -0.4 is 5.32 Å². The molecule has 0 aromatic carbocycles. The second-order valence-electron chi connectivity index (χ2n) is 3.69. The third-order valence-corrected chi connectivity index (χ3v) is 3.79. The smallest absolute Gasteiger partial charge is 0.326 e. The van der Waals surface area contributed by atoms with Gasteiger partial charge in [-0.25, -0.2) is 4.79 Å². The lowest BCUT2D eigenvalue weighted by Crippen LogP contribution is -2.44. The van der Waals surface area contributed by atoms with Crippen molar-refractivity contribution >= 4 is 23.6 Å². The summed E-state index contributed by atoms with van der Waals surface area (Å²) < 4.78 is 0.